The summed E-state index contributed by atoms with van der Waals surface area (Å²) in [7, 11) is 0. The minimum atomic E-state index is -0.886. The molecule has 156 valence electrons. The monoisotopic (exact) mass is 415 g/mol. The fraction of sp³-hybridized carbons (Fsp3) is 0.0833. The van der Waals surface area contributed by atoms with Crippen molar-refractivity contribution in [2.75, 3.05) is 5.32 Å². The summed E-state index contributed by atoms with van der Waals surface area (Å²) in [6.07, 6.45) is 1.38. The van der Waals surface area contributed by atoms with E-state index in [1.165, 1.54) is 6.21 Å². The Labute approximate surface area is 179 Å². The molecule has 0 heterocycles. The van der Waals surface area contributed by atoms with Gasteiger partial charge in [-0.15, -0.1) is 0 Å². The van der Waals surface area contributed by atoms with E-state index in [1.54, 1.807) is 48.5 Å². The highest BCUT2D eigenvalue weighted by Crippen LogP contribution is 2.14. The van der Waals surface area contributed by atoms with Crippen LogP contribution in [0.25, 0.3) is 0 Å². The van der Waals surface area contributed by atoms with Gasteiger partial charge in [0.05, 0.1) is 11.8 Å². The van der Waals surface area contributed by atoms with Gasteiger partial charge in [0.1, 0.15) is 5.75 Å². The van der Waals surface area contributed by atoms with Gasteiger partial charge in [0.2, 0.25) is 0 Å². The van der Waals surface area contributed by atoms with Crippen molar-refractivity contribution < 1.29 is 19.1 Å². The van der Waals surface area contributed by atoms with Crippen LogP contribution in [0.3, 0.4) is 0 Å². The number of para-hydroxylation sites is 1. The molecule has 0 unspecified atom stereocenters. The van der Waals surface area contributed by atoms with Gasteiger partial charge in [-0.1, -0.05) is 35.9 Å². The third-order valence-electron chi connectivity index (χ3n) is 4.36. The molecule has 3 aromatic rings. The number of nitrogens with zero attached hydrogens (tertiary/aromatic N) is 1. The lowest BCUT2D eigenvalue weighted by Crippen LogP contribution is -2.32. The first-order valence-electron chi connectivity index (χ1n) is 9.51. The summed E-state index contributed by atoms with van der Waals surface area (Å²) in [5.74, 6) is -1.77. The first-order valence-corrected chi connectivity index (χ1v) is 9.51. The van der Waals surface area contributed by atoms with E-state index in [2.05, 4.69) is 15.8 Å². The third-order valence-corrected chi connectivity index (χ3v) is 4.36. The third kappa shape index (κ3) is 6.11. The molecule has 0 atom stereocenters. The van der Waals surface area contributed by atoms with E-state index in [1.807, 2.05) is 38.1 Å². The number of esters is 1. The molecular formula is C24H21N3O4. The molecule has 3 rings (SSSR count). The Morgan fingerprint density at radius 2 is 1.52 bits per heavy atom. The lowest BCUT2D eigenvalue weighted by Gasteiger charge is -2.06. The first kappa shape index (κ1) is 21.4. The SMILES string of the molecule is Cc1ccc(C(=O)Oc2ccc(/C=N/NC(=O)C(=O)Nc3ccccc3C)cc2)cc1. The van der Waals surface area contributed by atoms with E-state index in [0.717, 1.165) is 11.1 Å². The number of hydrogen-bond acceptors (Lipinski definition) is 5. The van der Waals surface area contributed by atoms with Crippen LogP contribution in [0.1, 0.15) is 27.0 Å². The number of benzene rings is 3. The molecule has 7 nitrogen and oxygen atoms in total. The minimum Gasteiger partial charge on any atom is -0.423 e. The van der Waals surface area contributed by atoms with Crippen LogP contribution in [0.15, 0.2) is 77.9 Å². The Morgan fingerprint density at radius 3 is 2.19 bits per heavy atom. The Hall–Kier alpha value is -4.26. The van der Waals surface area contributed by atoms with Gasteiger partial charge < -0.3 is 10.1 Å². The van der Waals surface area contributed by atoms with E-state index in [0.29, 0.717) is 22.6 Å². The van der Waals surface area contributed by atoms with Crippen molar-refractivity contribution in [3.63, 3.8) is 0 Å². The molecule has 0 aliphatic heterocycles. The smallest absolute Gasteiger partial charge is 0.343 e. The van der Waals surface area contributed by atoms with Crippen LogP contribution in [0.4, 0.5) is 5.69 Å². The molecule has 0 spiro atoms. The van der Waals surface area contributed by atoms with E-state index >= 15 is 0 Å². The second-order valence-corrected chi connectivity index (χ2v) is 6.79. The van der Waals surface area contributed by atoms with Crippen LogP contribution in [-0.2, 0) is 9.59 Å². The number of amides is 2. The summed E-state index contributed by atoms with van der Waals surface area (Å²) < 4.78 is 5.33. The molecule has 31 heavy (non-hydrogen) atoms. The van der Waals surface area contributed by atoms with Gasteiger partial charge in [-0.25, -0.2) is 10.2 Å². The molecule has 0 saturated heterocycles. The maximum Gasteiger partial charge on any atom is 0.343 e. The number of hydrogen-bond donors (Lipinski definition) is 2. The highest BCUT2D eigenvalue weighted by Gasteiger charge is 2.13. The van der Waals surface area contributed by atoms with E-state index < -0.39 is 17.8 Å². The van der Waals surface area contributed by atoms with Gasteiger partial charge in [0.15, 0.2) is 0 Å². The maximum absolute atomic E-state index is 12.1. The number of rotatable bonds is 5. The average molecular weight is 415 g/mol. The van der Waals surface area contributed by atoms with Crippen LogP contribution >= 0.6 is 0 Å². The Kier molecular flexibility index (Phi) is 6.90. The van der Waals surface area contributed by atoms with Crippen molar-refractivity contribution in [3.05, 3.63) is 95.1 Å². The molecule has 0 saturated carbocycles. The van der Waals surface area contributed by atoms with E-state index in [9.17, 15) is 14.4 Å². The summed E-state index contributed by atoms with van der Waals surface area (Å²) >= 11 is 0. The van der Waals surface area contributed by atoms with Crippen molar-refractivity contribution in [1.82, 2.24) is 5.43 Å². The Morgan fingerprint density at radius 1 is 0.839 bits per heavy atom. The summed E-state index contributed by atoms with van der Waals surface area (Å²) in [5.41, 5.74) is 5.74. The Bertz CT molecular complexity index is 1120. The van der Waals surface area contributed by atoms with E-state index in [4.69, 9.17) is 4.74 Å². The number of anilines is 1. The van der Waals surface area contributed by atoms with Crippen LogP contribution in [-0.4, -0.2) is 24.0 Å². The zero-order valence-electron chi connectivity index (χ0n) is 17.1. The molecule has 0 bridgehead atoms. The summed E-state index contributed by atoms with van der Waals surface area (Å²) in [4.78, 5) is 36.0. The molecule has 0 fully saturated rings. The van der Waals surface area contributed by atoms with Crippen LogP contribution in [0.2, 0.25) is 0 Å². The van der Waals surface area contributed by atoms with Crippen molar-refractivity contribution in [2.24, 2.45) is 5.10 Å². The lowest BCUT2D eigenvalue weighted by atomic mass is 10.1. The highest BCUT2D eigenvalue weighted by molar-refractivity contribution is 6.39. The molecule has 2 N–H and O–H groups in total. The van der Waals surface area contributed by atoms with Crippen LogP contribution in [0, 0.1) is 13.8 Å². The molecule has 0 aliphatic rings. The predicted molar refractivity (Wildman–Crippen MR) is 118 cm³/mol. The summed E-state index contributed by atoms with van der Waals surface area (Å²) in [5, 5.41) is 6.31. The van der Waals surface area contributed by atoms with Crippen LogP contribution < -0.4 is 15.5 Å². The zero-order valence-corrected chi connectivity index (χ0v) is 17.1. The summed E-state index contributed by atoms with van der Waals surface area (Å²) in [6, 6.07) is 20.8. The summed E-state index contributed by atoms with van der Waals surface area (Å²) in [6.45, 7) is 3.77. The predicted octanol–water partition coefficient (Wildman–Crippen LogP) is 3.61. The van der Waals surface area contributed by atoms with Gasteiger partial charge in [0, 0.05) is 5.69 Å². The Balaban J connectivity index is 1.51. The second-order valence-electron chi connectivity index (χ2n) is 6.79. The minimum absolute atomic E-state index is 0.379. The van der Waals surface area contributed by atoms with Gasteiger partial charge in [0.25, 0.3) is 0 Å². The van der Waals surface area contributed by atoms with Gasteiger partial charge in [-0.2, -0.15) is 5.10 Å². The number of ether oxygens (including phenoxy) is 1. The number of carbonyl (C=O) groups excluding carboxylic acids is 3. The largest absolute Gasteiger partial charge is 0.423 e. The first-order chi connectivity index (χ1) is 14.9. The number of carbonyl (C=O) groups is 3. The standard InChI is InChI=1S/C24H21N3O4/c1-16-7-11-19(12-8-16)24(30)31-20-13-9-18(10-14-20)15-25-27-23(29)22(28)26-21-6-4-3-5-17(21)2/h3-15H,1-2H3,(H,26,28)(H,27,29)/b25-15+. The van der Waals surface area contributed by atoms with Crippen molar-refractivity contribution in [3.8, 4) is 5.75 Å². The van der Waals surface area contributed by atoms with Crippen molar-refractivity contribution in [2.45, 2.75) is 13.8 Å². The number of aryl methyl sites for hydroxylation is 2. The van der Waals surface area contributed by atoms with Gasteiger partial charge >= 0.3 is 17.8 Å². The van der Waals surface area contributed by atoms with Gasteiger partial charge in [-0.3, -0.25) is 9.59 Å². The van der Waals surface area contributed by atoms with Gasteiger partial charge in [-0.05, 0) is 67.4 Å². The maximum atomic E-state index is 12.1. The van der Waals surface area contributed by atoms with Crippen LogP contribution in [0.5, 0.6) is 5.75 Å². The fourth-order valence-electron chi connectivity index (χ4n) is 2.59. The quantitative estimate of drug-likeness (QED) is 0.219. The molecule has 2 amide bonds. The average Bonchev–Trinajstić information content (AvgIpc) is 2.77. The molecule has 0 radical (unpaired) electrons. The number of nitrogens with one attached hydrogen (secondary N) is 2. The molecule has 3 aromatic carbocycles. The lowest BCUT2D eigenvalue weighted by molar-refractivity contribution is -0.136. The van der Waals surface area contributed by atoms with Crippen molar-refractivity contribution >= 4 is 29.7 Å². The second kappa shape index (κ2) is 9.98. The normalized spacial score (nSPS) is 10.5. The highest BCUT2D eigenvalue weighted by atomic mass is 16.5. The molecule has 0 aromatic heterocycles. The molecular weight excluding hydrogens is 394 g/mol. The molecule has 0 aliphatic carbocycles. The van der Waals surface area contributed by atoms with Crippen molar-refractivity contribution in [1.29, 1.82) is 0 Å². The topological polar surface area (TPSA) is 96.9 Å². The molecule has 7 heteroatoms. The van der Waals surface area contributed by atoms with E-state index in [-0.39, 0.29) is 0 Å². The zero-order chi connectivity index (χ0) is 22.2. The fourth-order valence-corrected chi connectivity index (χ4v) is 2.59. The number of hydrazone groups is 1.